The Morgan fingerprint density at radius 2 is 0.859 bits per heavy atom. The largest absolute Gasteiger partial charge is 0.455 e. The molecule has 0 aliphatic heterocycles. The van der Waals surface area contributed by atoms with Gasteiger partial charge in [-0.25, -0.2) is 15.0 Å². The van der Waals surface area contributed by atoms with Crippen LogP contribution in [0.2, 0.25) is 0 Å². The summed E-state index contributed by atoms with van der Waals surface area (Å²) in [5.41, 5.74) is 12.1. The van der Waals surface area contributed by atoms with E-state index in [9.17, 15) is 0 Å². The number of rotatable bonds is 6. The van der Waals surface area contributed by atoms with Crippen molar-refractivity contribution in [3.05, 3.63) is 218 Å². The maximum absolute atomic E-state index is 6.79. The fourth-order valence-electron chi connectivity index (χ4n) is 9.57. The lowest BCUT2D eigenvalue weighted by Gasteiger charge is -2.18. The second kappa shape index (κ2) is 14.5. The molecule has 0 aliphatic rings. The molecule has 5 heteroatoms. The molecule has 0 N–H and O–H groups in total. The van der Waals surface area contributed by atoms with Crippen LogP contribution in [0.5, 0.6) is 0 Å². The smallest absolute Gasteiger partial charge is 0.164 e. The van der Waals surface area contributed by atoms with Gasteiger partial charge in [0.1, 0.15) is 11.2 Å². The second-order valence-electron chi connectivity index (χ2n) is 16.4. The number of benzene rings is 10. The molecule has 13 aromatic rings. The molecule has 0 aliphatic carbocycles. The first-order valence-corrected chi connectivity index (χ1v) is 21.6. The molecule has 298 valence electrons. The zero-order valence-electron chi connectivity index (χ0n) is 34.5. The average Bonchev–Trinajstić information content (AvgIpc) is 3.92. The molecule has 0 saturated carbocycles. The van der Waals surface area contributed by atoms with Crippen LogP contribution >= 0.6 is 0 Å². The molecule has 10 aromatic carbocycles. The number of para-hydroxylation sites is 2. The lowest BCUT2D eigenvalue weighted by atomic mass is 9.93. The van der Waals surface area contributed by atoms with Crippen LogP contribution in [0.1, 0.15) is 0 Å². The van der Waals surface area contributed by atoms with Crippen LogP contribution in [-0.2, 0) is 0 Å². The lowest BCUT2D eigenvalue weighted by molar-refractivity contribution is 0.673. The van der Waals surface area contributed by atoms with E-state index in [0.717, 1.165) is 88.4 Å². The van der Waals surface area contributed by atoms with Crippen LogP contribution in [0, 0.1) is 0 Å². The summed E-state index contributed by atoms with van der Waals surface area (Å²) in [6.07, 6.45) is 0. The van der Waals surface area contributed by atoms with E-state index >= 15 is 0 Å². The van der Waals surface area contributed by atoms with Crippen LogP contribution in [0.25, 0.3) is 127 Å². The fraction of sp³-hybridized carbons (Fsp3) is 0. The van der Waals surface area contributed by atoms with Gasteiger partial charge in [0, 0.05) is 49.2 Å². The van der Waals surface area contributed by atoms with Gasteiger partial charge in [-0.1, -0.05) is 170 Å². The predicted molar refractivity (Wildman–Crippen MR) is 264 cm³/mol. The average molecular weight is 817 g/mol. The molecule has 13 rings (SSSR count). The quantitative estimate of drug-likeness (QED) is 0.168. The summed E-state index contributed by atoms with van der Waals surface area (Å²) in [7, 11) is 0. The Bertz CT molecular complexity index is 3940. The van der Waals surface area contributed by atoms with Gasteiger partial charge in [-0.3, -0.25) is 0 Å². The van der Waals surface area contributed by atoms with E-state index in [1.807, 2.05) is 30.3 Å². The highest BCUT2D eigenvalue weighted by atomic mass is 16.3. The minimum Gasteiger partial charge on any atom is -0.455 e. The van der Waals surface area contributed by atoms with Crippen molar-refractivity contribution >= 4 is 65.3 Å². The number of hydrogen-bond acceptors (Lipinski definition) is 4. The van der Waals surface area contributed by atoms with E-state index in [-0.39, 0.29) is 0 Å². The second-order valence-corrected chi connectivity index (χ2v) is 16.4. The van der Waals surface area contributed by atoms with Crippen LogP contribution in [0.4, 0.5) is 0 Å². The Balaban J connectivity index is 1.11. The van der Waals surface area contributed by atoms with Crippen molar-refractivity contribution < 1.29 is 4.42 Å². The van der Waals surface area contributed by atoms with Crippen molar-refractivity contribution in [2.45, 2.75) is 0 Å². The molecule has 0 fully saturated rings. The van der Waals surface area contributed by atoms with E-state index in [4.69, 9.17) is 19.4 Å². The Kier molecular flexibility index (Phi) is 8.15. The molecule has 5 nitrogen and oxygen atoms in total. The van der Waals surface area contributed by atoms with Crippen molar-refractivity contribution in [2.75, 3.05) is 0 Å². The summed E-state index contributed by atoms with van der Waals surface area (Å²) >= 11 is 0. The first-order valence-electron chi connectivity index (χ1n) is 21.6. The Labute approximate surface area is 368 Å². The Hall–Kier alpha value is -8.67. The first kappa shape index (κ1) is 36.0. The molecule has 0 spiro atoms. The third kappa shape index (κ3) is 5.83. The summed E-state index contributed by atoms with van der Waals surface area (Å²) in [6.45, 7) is 0. The summed E-state index contributed by atoms with van der Waals surface area (Å²) in [5.74, 6) is 1.81. The van der Waals surface area contributed by atoms with Crippen molar-refractivity contribution in [1.29, 1.82) is 0 Å². The number of aromatic nitrogens is 4. The van der Waals surface area contributed by atoms with E-state index in [2.05, 4.69) is 193 Å². The molecule has 64 heavy (non-hydrogen) atoms. The van der Waals surface area contributed by atoms with Crippen molar-refractivity contribution in [1.82, 2.24) is 19.5 Å². The van der Waals surface area contributed by atoms with Crippen LogP contribution in [0.15, 0.2) is 223 Å². The van der Waals surface area contributed by atoms with Gasteiger partial charge in [0.25, 0.3) is 0 Å². The van der Waals surface area contributed by atoms with Gasteiger partial charge in [-0.15, -0.1) is 0 Å². The zero-order chi connectivity index (χ0) is 42.1. The van der Waals surface area contributed by atoms with Crippen LogP contribution in [-0.4, -0.2) is 19.5 Å². The number of fused-ring (bicyclic) bond motifs is 9. The highest BCUT2D eigenvalue weighted by Crippen LogP contribution is 2.46. The van der Waals surface area contributed by atoms with Crippen molar-refractivity contribution in [2.24, 2.45) is 0 Å². The lowest BCUT2D eigenvalue weighted by Crippen LogP contribution is -2.02. The molecular weight excluding hydrogens is 781 g/mol. The monoisotopic (exact) mass is 816 g/mol. The summed E-state index contributed by atoms with van der Waals surface area (Å²) < 4.78 is 9.22. The van der Waals surface area contributed by atoms with Gasteiger partial charge in [-0.2, -0.15) is 0 Å². The zero-order valence-corrected chi connectivity index (χ0v) is 34.5. The van der Waals surface area contributed by atoms with Gasteiger partial charge >= 0.3 is 0 Å². The third-order valence-electron chi connectivity index (χ3n) is 12.6. The summed E-state index contributed by atoms with van der Waals surface area (Å²) in [6, 6.07) is 77.0. The van der Waals surface area contributed by atoms with Crippen molar-refractivity contribution in [3.63, 3.8) is 0 Å². The summed E-state index contributed by atoms with van der Waals surface area (Å²) in [5, 5.41) is 9.11. The Morgan fingerprint density at radius 3 is 1.61 bits per heavy atom. The van der Waals surface area contributed by atoms with Gasteiger partial charge in [-0.05, 0) is 81.4 Å². The summed E-state index contributed by atoms with van der Waals surface area (Å²) in [4.78, 5) is 15.6. The first-order chi connectivity index (χ1) is 31.7. The van der Waals surface area contributed by atoms with Gasteiger partial charge in [0.05, 0.1) is 16.7 Å². The molecular formula is C59H36N4O. The van der Waals surface area contributed by atoms with Gasteiger partial charge < -0.3 is 8.98 Å². The maximum Gasteiger partial charge on any atom is 0.164 e. The molecule has 0 amide bonds. The van der Waals surface area contributed by atoms with E-state index in [0.29, 0.717) is 17.5 Å². The molecule has 0 atom stereocenters. The molecule has 0 radical (unpaired) electrons. The van der Waals surface area contributed by atoms with E-state index in [1.54, 1.807) is 0 Å². The maximum atomic E-state index is 6.79. The minimum atomic E-state index is 0.589. The Morgan fingerprint density at radius 1 is 0.328 bits per heavy atom. The van der Waals surface area contributed by atoms with Gasteiger partial charge in [0.2, 0.25) is 0 Å². The van der Waals surface area contributed by atoms with E-state index < -0.39 is 0 Å². The molecule has 3 heterocycles. The minimum absolute atomic E-state index is 0.589. The SMILES string of the molecule is c1ccc(-c2ccc(-c3nc(-c4ccccc4)nc(-c4ccc(-n5c6ccccc6c6cc7ccccc7cc65)c(-c5cc6ccccc6c6oc7ccccc7c56)c4)n3)cc2)cc1. The van der Waals surface area contributed by atoms with Crippen molar-refractivity contribution in [3.8, 4) is 62.1 Å². The molecule has 0 bridgehead atoms. The highest BCUT2D eigenvalue weighted by Gasteiger charge is 2.23. The number of nitrogens with zero attached hydrogens (tertiary/aromatic N) is 4. The number of hydrogen-bond donors (Lipinski definition) is 0. The highest BCUT2D eigenvalue weighted by molar-refractivity contribution is 6.22. The normalized spacial score (nSPS) is 11.8. The standard InChI is InChI=1S/C59H36N4O/c1-3-15-37(16-4-1)38-27-29-40(30-28-38)58-60-57(39-17-5-2-6-18-39)61-59(62-58)44-31-32-52(63-51-25-13-11-23-46(51)48-33-41-19-7-8-20-42(41)36-53(48)63)49(35-44)50-34-43-21-9-10-22-45(43)56-55(50)47-24-12-14-26-54(47)64-56/h1-36H. The van der Waals surface area contributed by atoms with Gasteiger partial charge in [0.15, 0.2) is 17.5 Å². The fourth-order valence-corrected chi connectivity index (χ4v) is 9.57. The number of furan rings is 1. The van der Waals surface area contributed by atoms with E-state index in [1.165, 1.54) is 21.5 Å². The molecule has 0 unspecified atom stereocenters. The third-order valence-corrected chi connectivity index (χ3v) is 12.6. The topological polar surface area (TPSA) is 56.7 Å². The molecule has 3 aromatic heterocycles. The molecule has 0 saturated heterocycles. The predicted octanol–water partition coefficient (Wildman–Crippen LogP) is 15.5. The van der Waals surface area contributed by atoms with Crippen LogP contribution < -0.4 is 0 Å². The van der Waals surface area contributed by atoms with Crippen LogP contribution in [0.3, 0.4) is 0 Å².